The number of hydrogen-bond acceptors (Lipinski definition) is 6. The molecule has 0 unspecified atom stereocenters. The van der Waals surface area contributed by atoms with Crippen LogP contribution in [0.2, 0.25) is 0 Å². The molecule has 0 radical (unpaired) electrons. The summed E-state index contributed by atoms with van der Waals surface area (Å²) in [5.74, 6) is 1.72. The number of carbonyl (C=O) groups is 1. The fraction of sp³-hybridized carbons (Fsp3) is 0.222. The third-order valence-corrected chi connectivity index (χ3v) is 4.64. The molecule has 0 amide bonds. The molecule has 0 bridgehead atoms. The van der Waals surface area contributed by atoms with Gasteiger partial charge in [0.05, 0.1) is 12.8 Å². The van der Waals surface area contributed by atoms with Crippen LogP contribution in [0.25, 0.3) is 5.69 Å². The number of benzene rings is 2. The van der Waals surface area contributed by atoms with Crippen molar-refractivity contribution in [1.82, 2.24) is 20.2 Å². The Morgan fingerprint density at radius 1 is 1.12 bits per heavy atom. The molecule has 3 aromatic rings. The van der Waals surface area contributed by atoms with Gasteiger partial charge in [0.15, 0.2) is 5.78 Å². The van der Waals surface area contributed by atoms with E-state index in [0.717, 1.165) is 29.2 Å². The first-order valence-corrected chi connectivity index (χ1v) is 8.90. The molecule has 0 atom stereocenters. The third kappa shape index (κ3) is 4.45. The minimum Gasteiger partial charge on any atom is -0.497 e. The van der Waals surface area contributed by atoms with Gasteiger partial charge in [-0.2, -0.15) is 4.68 Å². The first-order valence-electron chi connectivity index (χ1n) is 7.92. The van der Waals surface area contributed by atoms with Gasteiger partial charge in [0.2, 0.25) is 5.16 Å². The predicted octanol–water partition coefficient (Wildman–Crippen LogP) is 3.43. The Labute approximate surface area is 150 Å². The average molecular weight is 354 g/mol. The summed E-state index contributed by atoms with van der Waals surface area (Å²) in [6.45, 7) is 0. The van der Waals surface area contributed by atoms with Gasteiger partial charge in [-0.3, -0.25) is 4.79 Å². The monoisotopic (exact) mass is 354 g/mol. The summed E-state index contributed by atoms with van der Waals surface area (Å²) in [4.78, 5) is 12.1. The first kappa shape index (κ1) is 17.2. The summed E-state index contributed by atoms with van der Waals surface area (Å²) in [5, 5.41) is 12.5. The topological polar surface area (TPSA) is 69.9 Å². The first-order chi connectivity index (χ1) is 12.3. The number of nitrogens with zero attached hydrogens (tertiary/aromatic N) is 4. The summed E-state index contributed by atoms with van der Waals surface area (Å²) in [6, 6.07) is 16.9. The lowest BCUT2D eigenvalue weighted by atomic mass is 10.1. The highest BCUT2D eigenvalue weighted by Crippen LogP contribution is 2.21. The molecular weight excluding hydrogens is 336 g/mol. The van der Waals surface area contributed by atoms with Crippen LogP contribution in [0, 0.1) is 0 Å². The zero-order valence-electron chi connectivity index (χ0n) is 13.8. The fourth-order valence-electron chi connectivity index (χ4n) is 2.32. The van der Waals surface area contributed by atoms with Crippen LogP contribution in [0.15, 0.2) is 59.8 Å². The molecule has 0 saturated heterocycles. The molecule has 6 nitrogen and oxygen atoms in total. The van der Waals surface area contributed by atoms with E-state index in [4.69, 9.17) is 4.74 Å². The highest BCUT2D eigenvalue weighted by molar-refractivity contribution is 7.99. The number of methoxy groups -OCH3 is 1. The van der Waals surface area contributed by atoms with Crippen molar-refractivity contribution in [2.75, 3.05) is 12.9 Å². The van der Waals surface area contributed by atoms with E-state index in [1.165, 1.54) is 11.8 Å². The molecule has 0 aliphatic carbocycles. The zero-order valence-corrected chi connectivity index (χ0v) is 14.6. The Morgan fingerprint density at radius 3 is 2.60 bits per heavy atom. The molecular formula is C18H18N4O2S. The van der Waals surface area contributed by atoms with Crippen molar-refractivity contribution >= 4 is 17.5 Å². The molecule has 3 rings (SSSR count). The average Bonchev–Trinajstić information content (AvgIpc) is 3.14. The van der Waals surface area contributed by atoms with E-state index in [1.807, 2.05) is 54.6 Å². The van der Waals surface area contributed by atoms with Crippen molar-refractivity contribution in [3.8, 4) is 11.4 Å². The van der Waals surface area contributed by atoms with Gasteiger partial charge in [-0.1, -0.05) is 42.1 Å². The van der Waals surface area contributed by atoms with Crippen molar-refractivity contribution in [3.63, 3.8) is 0 Å². The van der Waals surface area contributed by atoms with Crippen molar-refractivity contribution in [3.05, 3.63) is 60.2 Å². The van der Waals surface area contributed by atoms with E-state index in [2.05, 4.69) is 15.5 Å². The predicted molar refractivity (Wildman–Crippen MR) is 96.4 cm³/mol. The van der Waals surface area contributed by atoms with E-state index < -0.39 is 0 Å². The van der Waals surface area contributed by atoms with Crippen molar-refractivity contribution < 1.29 is 9.53 Å². The number of tetrazole rings is 1. The van der Waals surface area contributed by atoms with Crippen LogP contribution in [-0.4, -0.2) is 38.9 Å². The Bertz CT molecular complexity index is 819. The van der Waals surface area contributed by atoms with Gasteiger partial charge in [0.1, 0.15) is 5.75 Å². The molecule has 0 saturated carbocycles. The molecule has 0 spiro atoms. The lowest BCUT2D eigenvalue weighted by molar-refractivity contribution is 0.0982. The number of ether oxygens (including phenoxy) is 1. The summed E-state index contributed by atoms with van der Waals surface area (Å²) >= 11 is 1.54. The standard InChI is InChI=1S/C18H18N4O2S/c1-24-16-11-9-15(10-12-16)22-18(19-20-21-22)25-13-5-8-17(23)14-6-3-2-4-7-14/h2-4,6-7,9-12H,5,8,13H2,1H3. The fourth-order valence-corrected chi connectivity index (χ4v) is 3.15. The van der Waals surface area contributed by atoms with Gasteiger partial charge in [-0.05, 0) is 41.1 Å². The van der Waals surface area contributed by atoms with Crippen LogP contribution in [0.3, 0.4) is 0 Å². The number of carbonyl (C=O) groups excluding carboxylic acids is 1. The Kier molecular flexibility index (Phi) is 5.79. The number of rotatable bonds is 8. The molecule has 1 heterocycles. The molecule has 2 aromatic carbocycles. The number of hydrogen-bond donors (Lipinski definition) is 0. The molecule has 0 aliphatic rings. The van der Waals surface area contributed by atoms with Crippen LogP contribution in [0.5, 0.6) is 5.75 Å². The Hall–Kier alpha value is -2.67. The molecule has 1 aromatic heterocycles. The minimum absolute atomic E-state index is 0.163. The van der Waals surface area contributed by atoms with Crippen molar-refractivity contribution in [1.29, 1.82) is 0 Å². The minimum atomic E-state index is 0.163. The lowest BCUT2D eigenvalue weighted by Gasteiger charge is -2.05. The number of Topliss-reactive ketones (excluding diaryl/α,β-unsaturated/α-hetero) is 1. The summed E-state index contributed by atoms with van der Waals surface area (Å²) in [6.07, 6.45) is 1.29. The summed E-state index contributed by atoms with van der Waals surface area (Å²) < 4.78 is 6.84. The highest BCUT2D eigenvalue weighted by atomic mass is 32.2. The maximum absolute atomic E-state index is 12.1. The van der Waals surface area contributed by atoms with Crippen LogP contribution >= 0.6 is 11.8 Å². The van der Waals surface area contributed by atoms with Crippen LogP contribution in [-0.2, 0) is 0 Å². The summed E-state index contributed by atoms with van der Waals surface area (Å²) in [7, 11) is 1.63. The van der Waals surface area contributed by atoms with Gasteiger partial charge in [0, 0.05) is 17.7 Å². The van der Waals surface area contributed by atoms with Crippen molar-refractivity contribution in [2.24, 2.45) is 0 Å². The molecule has 0 aliphatic heterocycles. The van der Waals surface area contributed by atoms with Crippen LogP contribution < -0.4 is 4.74 Å². The second kappa shape index (κ2) is 8.43. The van der Waals surface area contributed by atoms with Gasteiger partial charge in [0.25, 0.3) is 0 Å². The van der Waals surface area contributed by atoms with Crippen molar-refractivity contribution in [2.45, 2.75) is 18.0 Å². The van der Waals surface area contributed by atoms with E-state index in [9.17, 15) is 4.79 Å². The van der Waals surface area contributed by atoms with Gasteiger partial charge >= 0.3 is 0 Å². The van der Waals surface area contributed by atoms with E-state index in [-0.39, 0.29) is 5.78 Å². The lowest BCUT2D eigenvalue weighted by Crippen LogP contribution is -2.01. The smallest absolute Gasteiger partial charge is 0.214 e. The molecule has 0 N–H and O–H groups in total. The highest BCUT2D eigenvalue weighted by Gasteiger charge is 2.10. The zero-order chi connectivity index (χ0) is 17.5. The molecule has 128 valence electrons. The number of thioether (sulfide) groups is 1. The summed E-state index contributed by atoms with van der Waals surface area (Å²) in [5.41, 5.74) is 1.63. The van der Waals surface area contributed by atoms with E-state index in [1.54, 1.807) is 11.8 Å². The van der Waals surface area contributed by atoms with E-state index >= 15 is 0 Å². The van der Waals surface area contributed by atoms with E-state index in [0.29, 0.717) is 11.6 Å². The second-order valence-corrected chi connectivity index (χ2v) is 6.37. The molecule has 25 heavy (non-hydrogen) atoms. The maximum Gasteiger partial charge on any atom is 0.214 e. The van der Waals surface area contributed by atoms with Gasteiger partial charge < -0.3 is 4.74 Å². The van der Waals surface area contributed by atoms with Gasteiger partial charge in [-0.15, -0.1) is 5.10 Å². The van der Waals surface area contributed by atoms with Crippen LogP contribution in [0.1, 0.15) is 23.2 Å². The van der Waals surface area contributed by atoms with Gasteiger partial charge in [-0.25, -0.2) is 0 Å². The normalized spacial score (nSPS) is 10.6. The quantitative estimate of drug-likeness (QED) is 0.351. The largest absolute Gasteiger partial charge is 0.497 e. The molecule has 7 heteroatoms. The Morgan fingerprint density at radius 2 is 1.88 bits per heavy atom. The second-order valence-electron chi connectivity index (χ2n) is 5.31. The number of ketones is 1. The maximum atomic E-state index is 12.1. The van der Waals surface area contributed by atoms with Crippen LogP contribution in [0.4, 0.5) is 0 Å². The SMILES string of the molecule is COc1ccc(-n2nnnc2SCCCC(=O)c2ccccc2)cc1. The molecule has 0 fully saturated rings. The third-order valence-electron chi connectivity index (χ3n) is 3.63. The number of aromatic nitrogens is 4. The Balaban J connectivity index is 1.54.